The molecule has 0 amide bonds. The van der Waals surface area contributed by atoms with Crippen molar-refractivity contribution in [2.45, 2.75) is 45.3 Å². The van der Waals surface area contributed by atoms with Crippen LogP contribution in [0.2, 0.25) is 0 Å². The average Bonchev–Trinajstić information content (AvgIpc) is 3.22. The van der Waals surface area contributed by atoms with Crippen LogP contribution in [0.5, 0.6) is 11.5 Å². The molecular formula is C43H46O12. The van der Waals surface area contributed by atoms with Gasteiger partial charge in [-0.1, -0.05) is 50.2 Å². The second-order valence-electron chi connectivity index (χ2n) is 12.5. The Morgan fingerprint density at radius 1 is 0.509 bits per heavy atom. The van der Waals surface area contributed by atoms with Crippen molar-refractivity contribution in [1.29, 1.82) is 0 Å². The van der Waals surface area contributed by atoms with Crippen molar-refractivity contribution in [2.24, 2.45) is 0 Å². The molecule has 2 atom stereocenters. The molecule has 55 heavy (non-hydrogen) atoms. The third kappa shape index (κ3) is 11.0. The molecule has 12 heteroatoms. The summed E-state index contributed by atoms with van der Waals surface area (Å²) in [7, 11) is 6.08. The van der Waals surface area contributed by atoms with Crippen LogP contribution >= 0.6 is 0 Å². The molecule has 0 aliphatic carbocycles. The van der Waals surface area contributed by atoms with Gasteiger partial charge in [-0.15, -0.1) is 0 Å². The number of fused-ring (bicyclic) bond motifs is 1. The lowest BCUT2D eigenvalue weighted by atomic mass is 9.93. The van der Waals surface area contributed by atoms with E-state index in [2.05, 4.69) is 26.3 Å². The van der Waals surface area contributed by atoms with Gasteiger partial charge in [0.25, 0.3) is 0 Å². The molecule has 6 rings (SSSR count). The van der Waals surface area contributed by atoms with Gasteiger partial charge in [0.05, 0.1) is 51.8 Å². The van der Waals surface area contributed by atoms with Crippen molar-refractivity contribution < 1.29 is 57.8 Å². The Kier molecular flexibility index (Phi) is 15.1. The molecule has 6 aromatic rings. The fourth-order valence-electron chi connectivity index (χ4n) is 5.59. The second-order valence-corrected chi connectivity index (χ2v) is 12.5. The monoisotopic (exact) mass is 754 g/mol. The summed E-state index contributed by atoms with van der Waals surface area (Å²) in [5, 5.41) is 27.0. The number of aliphatic hydroxyl groups is 2. The van der Waals surface area contributed by atoms with Gasteiger partial charge in [-0.3, -0.25) is 9.59 Å². The van der Waals surface area contributed by atoms with Crippen LogP contribution < -0.4 is 9.47 Å². The Bertz CT molecular complexity index is 2150. The van der Waals surface area contributed by atoms with E-state index >= 15 is 0 Å². The summed E-state index contributed by atoms with van der Waals surface area (Å²) in [4.78, 5) is 45.3. The maximum absolute atomic E-state index is 11.8. The summed E-state index contributed by atoms with van der Waals surface area (Å²) in [5.74, 6) is -0.466. The Morgan fingerprint density at radius 3 is 1.35 bits per heavy atom. The quantitative estimate of drug-likeness (QED) is 0.0569. The third-order valence-corrected chi connectivity index (χ3v) is 8.74. The van der Waals surface area contributed by atoms with Crippen molar-refractivity contribution in [3.8, 4) is 11.5 Å². The predicted octanol–water partition coefficient (Wildman–Crippen LogP) is 7.02. The highest BCUT2D eigenvalue weighted by Crippen LogP contribution is 2.37. The van der Waals surface area contributed by atoms with Crippen LogP contribution in [-0.2, 0) is 28.5 Å². The van der Waals surface area contributed by atoms with Crippen molar-refractivity contribution in [1.82, 2.24) is 0 Å². The number of methoxy groups -OCH3 is 4. The van der Waals surface area contributed by atoms with Gasteiger partial charge in [-0.05, 0) is 104 Å². The summed E-state index contributed by atoms with van der Waals surface area (Å²) in [5.41, 5.74) is 1.13. The van der Waals surface area contributed by atoms with E-state index in [-0.39, 0.29) is 25.2 Å². The van der Waals surface area contributed by atoms with Gasteiger partial charge in [0.15, 0.2) is 0 Å². The van der Waals surface area contributed by atoms with E-state index in [1.165, 1.54) is 25.0 Å². The number of ether oxygens (including phenoxy) is 6. The molecule has 290 valence electrons. The van der Waals surface area contributed by atoms with Gasteiger partial charge in [0, 0.05) is 0 Å². The van der Waals surface area contributed by atoms with Crippen LogP contribution in [0.3, 0.4) is 0 Å². The highest BCUT2D eigenvalue weighted by Gasteiger charge is 2.16. The first-order valence-electron chi connectivity index (χ1n) is 17.6. The minimum atomic E-state index is -0.742. The summed E-state index contributed by atoms with van der Waals surface area (Å²) in [6, 6.07) is 27.2. The molecule has 0 heterocycles. The zero-order chi connectivity index (χ0) is 40.1. The van der Waals surface area contributed by atoms with E-state index in [9.17, 15) is 19.2 Å². The minimum Gasteiger partial charge on any atom is -0.497 e. The summed E-state index contributed by atoms with van der Waals surface area (Å²) < 4.78 is 29.3. The van der Waals surface area contributed by atoms with E-state index in [0.717, 1.165) is 43.8 Å². The zero-order valence-corrected chi connectivity index (χ0v) is 31.8. The Labute approximate surface area is 318 Å². The molecule has 0 radical (unpaired) electrons. The summed E-state index contributed by atoms with van der Waals surface area (Å²) in [6.07, 6.45) is -0.984. The lowest BCUT2D eigenvalue weighted by Crippen LogP contribution is -2.22. The smallest absolute Gasteiger partial charge is 0.337 e. The second kappa shape index (κ2) is 19.9. The maximum Gasteiger partial charge on any atom is 0.337 e. The molecule has 2 unspecified atom stereocenters. The van der Waals surface area contributed by atoms with Crippen LogP contribution in [-0.4, -0.2) is 88.0 Å². The molecular weight excluding hydrogens is 708 g/mol. The normalized spacial score (nSPS) is 11.8. The summed E-state index contributed by atoms with van der Waals surface area (Å²) >= 11 is 0. The molecule has 0 aliphatic heterocycles. The standard InChI is InChI=1S/C19H14O3.C13H12O3.C11H20O6/c1-21-16-9-13-5-3-11-7-15(19(20)22-2)8-12-4-6-14(10-16)18(13)17(11)12;1-15-12-6-5-9-7-11(13(14)16-2)4-3-10(9)8-12;1-3-8(12)6-16-10(14)5-11(15)17-7-9(13)4-2/h3-10H,1-2H3;3-8H,1-2H3;8-9,12-13H,3-7H2,1-2H3. The van der Waals surface area contributed by atoms with Gasteiger partial charge in [-0.2, -0.15) is 0 Å². The third-order valence-electron chi connectivity index (χ3n) is 8.74. The number of benzene rings is 6. The van der Waals surface area contributed by atoms with Crippen molar-refractivity contribution in [2.75, 3.05) is 41.7 Å². The fourth-order valence-corrected chi connectivity index (χ4v) is 5.59. The SMILES string of the molecule is CCC(O)COC(=O)CC(=O)OCC(O)CC.COC(=O)c1cc2ccc3cc(OC)cc4ccc(c1)c2c34.COC(=O)c1ccc2cc(OC)ccc2c1. The van der Waals surface area contributed by atoms with Gasteiger partial charge >= 0.3 is 23.9 Å². The molecule has 0 bridgehead atoms. The predicted molar refractivity (Wildman–Crippen MR) is 209 cm³/mol. The maximum atomic E-state index is 11.8. The number of carbonyl (C=O) groups excluding carboxylic acids is 4. The molecule has 0 fully saturated rings. The number of carbonyl (C=O) groups is 4. The largest absolute Gasteiger partial charge is 0.497 e. The molecule has 12 nitrogen and oxygen atoms in total. The molecule has 2 N–H and O–H groups in total. The Balaban J connectivity index is 0.000000187. The number of hydrogen-bond donors (Lipinski definition) is 2. The number of rotatable bonds is 12. The molecule has 0 spiro atoms. The van der Waals surface area contributed by atoms with E-state index in [4.69, 9.17) is 24.4 Å². The Morgan fingerprint density at radius 2 is 0.891 bits per heavy atom. The van der Waals surface area contributed by atoms with Crippen molar-refractivity contribution >= 4 is 67.0 Å². The van der Waals surface area contributed by atoms with E-state index < -0.39 is 30.6 Å². The fraction of sp³-hybridized carbons (Fsp3) is 0.302. The first kappa shape index (κ1) is 41.8. The molecule has 0 aromatic heterocycles. The molecule has 0 saturated heterocycles. The topological polar surface area (TPSA) is 164 Å². The van der Waals surface area contributed by atoms with Crippen molar-refractivity contribution in [3.05, 3.63) is 96.1 Å². The van der Waals surface area contributed by atoms with Gasteiger partial charge < -0.3 is 38.6 Å². The Hall–Kier alpha value is -5.98. The van der Waals surface area contributed by atoms with Crippen LogP contribution in [0.4, 0.5) is 0 Å². The highest BCUT2D eigenvalue weighted by molar-refractivity contribution is 6.24. The van der Waals surface area contributed by atoms with Gasteiger partial charge in [0.1, 0.15) is 31.1 Å². The highest BCUT2D eigenvalue weighted by atomic mass is 16.6. The van der Waals surface area contributed by atoms with Crippen LogP contribution in [0.1, 0.15) is 53.8 Å². The van der Waals surface area contributed by atoms with Crippen LogP contribution in [0, 0.1) is 0 Å². The van der Waals surface area contributed by atoms with Gasteiger partial charge in [-0.25, -0.2) is 9.59 Å². The van der Waals surface area contributed by atoms with E-state index in [1.807, 2.05) is 60.7 Å². The average molecular weight is 755 g/mol. The van der Waals surface area contributed by atoms with E-state index in [0.29, 0.717) is 24.0 Å². The van der Waals surface area contributed by atoms with Crippen molar-refractivity contribution in [3.63, 3.8) is 0 Å². The molecule has 6 aromatic carbocycles. The number of esters is 4. The van der Waals surface area contributed by atoms with Crippen LogP contribution in [0.25, 0.3) is 43.1 Å². The summed E-state index contributed by atoms with van der Waals surface area (Å²) in [6.45, 7) is 3.25. The number of aliphatic hydroxyl groups excluding tert-OH is 2. The zero-order valence-electron chi connectivity index (χ0n) is 31.8. The lowest BCUT2D eigenvalue weighted by molar-refractivity contribution is -0.157. The number of hydrogen-bond acceptors (Lipinski definition) is 12. The first-order chi connectivity index (χ1) is 26.4. The van der Waals surface area contributed by atoms with Crippen LogP contribution in [0.15, 0.2) is 84.9 Å². The lowest BCUT2D eigenvalue weighted by Gasteiger charge is -2.13. The molecule has 0 saturated carbocycles. The van der Waals surface area contributed by atoms with Gasteiger partial charge in [0.2, 0.25) is 0 Å². The molecule has 0 aliphatic rings. The van der Waals surface area contributed by atoms with E-state index in [1.54, 1.807) is 40.2 Å². The minimum absolute atomic E-state index is 0.125. The first-order valence-corrected chi connectivity index (χ1v) is 17.6.